The number of piperidine rings is 1. The first-order chi connectivity index (χ1) is 12.6. The van der Waals surface area contributed by atoms with E-state index in [1.807, 2.05) is 9.80 Å². The molecular formula is C20H26FN3O2. The van der Waals surface area contributed by atoms with Crippen molar-refractivity contribution in [1.82, 2.24) is 9.80 Å². The van der Waals surface area contributed by atoms with Gasteiger partial charge in [0.15, 0.2) is 0 Å². The lowest BCUT2D eigenvalue weighted by atomic mass is 10.1. The van der Waals surface area contributed by atoms with Crippen LogP contribution in [0.1, 0.15) is 36.0 Å². The molecule has 6 heteroatoms. The van der Waals surface area contributed by atoms with Gasteiger partial charge < -0.3 is 10.2 Å². The Morgan fingerprint density at radius 1 is 1.12 bits per heavy atom. The fourth-order valence-electron chi connectivity index (χ4n) is 3.46. The normalized spacial score (nSPS) is 21.3. The van der Waals surface area contributed by atoms with Crippen LogP contribution in [-0.4, -0.2) is 60.5 Å². The van der Waals surface area contributed by atoms with E-state index in [4.69, 9.17) is 0 Å². The highest BCUT2D eigenvalue weighted by Crippen LogP contribution is 2.16. The Labute approximate surface area is 153 Å². The molecule has 1 atom stereocenters. The molecule has 0 unspecified atom stereocenters. The number of anilines is 1. The maximum atomic E-state index is 13.3. The number of amides is 2. The zero-order valence-electron chi connectivity index (χ0n) is 15.0. The first-order valence-electron chi connectivity index (χ1n) is 9.35. The van der Waals surface area contributed by atoms with Gasteiger partial charge in [-0.3, -0.25) is 14.5 Å². The second-order valence-electron chi connectivity index (χ2n) is 6.97. The Balaban J connectivity index is 1.46. The van der Waals surface area contributed by atoms with Gasteiger partial charge in [-0.05, 0) is 56.5 Å². The van der Waals surface area contributed by atoms with Crippen molar-refractivity contribution in [2.45, 2.75) is 31.9 Å². The first-order valence-corrected chi connectivity index (χ1v) is 9.35. The minimum atomic E-state index is -0.757. The molecule has 1 aromatic rings. The number of carbonyl (C=O) groups is 2. The zero-order chi connectivity index (χ0) is 18.4. The van der Waals surface area contributed by atoms with Gasteiger partial charge in [0.25, 0.3) is 5.91 Å². The molecule has 1 N–H and O–H groups in total. The number of rotatable bonds is 5. The number of halogens is 1. The van der Waals surface area contributed by atoms with Crippen LogP contribution < -0.4 is 5.32 Å². The van der Waals surface area contributed by atoms with E-state index in [0.717, 1.165) is 38.9 Å². The maximum absolute atomic E-state index is 13.3. The lowest BCUT2D eigenvalue weighted by molar-refractivity contribution is -0.111. The first kappa shape index (κ1) is 18.6. The number of nitrogens with zero attached hydrogens (tertiary/aromatic N) is 2. The monoisotopic (exact) mass is 359 g/mol. The molecule has 2 saturated heterocycles. The summed E-state index contributed by atoms with van der Waals surface area (Å²) in [5, 5.41) is 2.78. The number of carbonyl (C=O) groups excluding carboxylic acids is 2. The topological polar surface area (TPSA) is 52.7 Å². The Morgan fingerprint density at radius 2 is 1.85 bits per heavy atom. The van der Waals surface area contributed by atoms with E-state index in [9.17, 15) is 14.0 Å². The quantitative estimate of drug-likeness (QED) is 0.823. The van der Waals surface area contributed by atoms with Gasteiger partial charge in [0.05, 0.1) is 0 Å². The predicted molar refractivity (Wildman–Crippen MR) is 99.9 cm³/mol. The summed E-state index contributed by atoms with van der Waals surface area (Å²) in [4.78, 5) is 28.1. The molecule has 0 aromatic heterocycles. The Morgan fingerprint density at radius 3 is 2.54 bits per heavy atom. The van der Waals surface area contributed by atoms with Crippen LogP contribution >= 0.6 is 0 Å². The summed E-state index contributed by atoms with van der Waals surface area (Å²) in [6.07, 6.45) is 6.11. The van der Waals surface area contributed by atoms with E-state index in [0.29, 0.717) is 30.8 Å². The molecule has 0 spiro atoms. The van der Waals surface area contributed by atoms with Crippen LogP contribution in [0.25, 0.3) is 0 Å². The van der Waals surface area contributed by atoms with Crippen LogP contribution in [0.4, 0.5) is 10.1 Å². The van der Waals surface area contributed by atoms with E-state index in [-0.39, 0.29) is 11.8 Å². The predicted octanol–water partition coefficient (Wildman–Crippen LogP) is 2.85. The van der Waals surface area contributed by atoms with Crippen molar-refractivity contribution in [3.8, 4) is 0 Å². The number of alkyl halides is 1. The average molecular weight is 359 g/mol. The molecule has 2 heterocycles. The number of likely N-dealkylation sites (tertiary alicyclic amines) is 2. The third-order valence-corrected chi connectivity index (χ3v) is 4.87. The van der Waals surface area contributed by atoms with Gasteiger partial charge in [-0.1, -0.05) is 6.08 Å². The molecule has 0 aliphatic carbocycles. The Hall–Kier alpha value is -2.21. The van der Waals surface area contributed by atoms with Gasteiger partial charge in [-0.15, -0.1) is 0 Å². The minimum Gasteiger partial charge on any atom is -0.339 e. The second-order valence-corrected chi connectivity index (χ2v) is 6.97. The van der Waals surface area contributed by atoms with Gasteiger partial charge in [-0.2, -0.15) is 0 Å². The van der Waals surface area contributed by atoms with Crippen molar-refractivity contribution in [1.29, 1.82) is 0 Å². The largest absolute Gasteiger partial charge is 0.339 e. The molecule has 0 radical (unpaired) electrons. The fraction of sp³-hybridized carbons (Fsp3) is 0.500. The number of hydrogen-bond donors (Lipinski definition) is 1. The van der Waals surface area contributed by atoms with Crippen LogP contribution in [0.3, 0.4) is 0 Å². The van der Waals surface area contributed by atoms with Crippen LogP contribution in [0.2, 0.25) is 0 Å². The number of hydrogen-bond acceptors (Lipinski definition) is 3. The molecule has 2 aliphatic rings. The molecule has 2 amide bonds. The van der Waals surface area contributed by atoms with Gasteiger partial charge in [-0.25, -0.2) is 4.39 Å². The number of benzene rings is 1. The van der Waals surface area contributed by atoms with Crippen molar-refractivity contribution in [2.24, 2.45) is 0 Å². The highest BCUT2D eigenvalue weighted by atomic mass is 19.1. The van der Waals surface area contributed by atoms with Gasteiger partial charge >= 0.3 is 0 Å². The molecule has 1 aromatic carbocycles. The third-order valence-electron chi connectivity index (χ3n) is 4.87. The van der Waals surface area contributed by atoms with Crippen LogP contribution in [-0.2, 0) is 4.79 Å². The van der Waals surface area contributed by atoms with Crippen LogP contribution in [0, 0.1) is 0 Å². The third kappa shape index (κ3) is 5.14. The second kappa shape index (κ2) is 8.94. The summed E-state index contributed by atoms with van der Waals surface area (Å²) in [7, 11) is 0. The lowest BCUT2D eigenvalue weighted by Gasteiger charge is -2.27. The lowest BCUT2D eigenvalue weighted by Crippen LogP contribution is -2.36. The SMILES string of the molecule is O=C(/C=C/CN1CCC[C@@H](F)C1)Nc1ccc(C(=O)N2CCCC2)cc1. The van der Waals surface area contributed by atoms with E-state index < -0.39 is 6.17 Å². The summed E-state index contributed by atoms with van der Waals surface area (Å²) in [5.74, 6) is -0.176. The van der Waals surface area contributed by atoms with Gasteiger partial charge in [0.2, 0.25) is 5.91 Å². The molecule has 2 fully saturated rings. The minimum absolute atomic E-state index is 0.0490. The highest BCUT2D eigenvalue weighted by molar-refractivity contribution is 6.00. The summed E-state index contributed by atoms with van der Waals surface area (Å²) >= 11 is 0. The van der Waals surface area contributed by atoms with E-state index >= 15 is 0 Å². The highest BCUT2D eigenvalue weighted by Gasteiger charge is 2.19. The van der Waals surface area contributed by atoms with Gasteiger partial charge in [0, 0.05) is 43.5 Å². The van der Waals surface area contributed by atoms with E-state index in [1.54, 1.807) is 30.3 Å². The summed E-state index contributed by atoms with van der Waals surface area (Å²) < 4.78 is 13.3. The Bertz CT molecular complexity index is 654. The zero-order valence-corrected chi connectivity index (χ0v) is 15.0. The van der Waals surface area contributed by atoms with Crippen LogP contribution in [0.5, 0.6) is 0 Å². The van der Waals surface area contributed by atoms with E-state index in [1.165, 1.54) is 6.08 Å². The van der Waals surface area contributed by atoms with Gasteiger partial charge in [0.1, 0.15) is 6.17 Å². The number of nitrogens with one attached hydrogen (secondary N) is 1. The van der Waals surface area contributed by atoms with Crippen molar-refractivity contribution < 1.29 is 14.0 Å². The molecular weight excluding hydrogens is 333 g/mol. The summed E-state index contributed by atoms with van der Waals surface area (Å²) in [6, 6.07) is 6.98. The molecule has 5 nitrogen and oxygen atoms in total. The Kier molecular flexibility index (Phi) is 6.39. The van der Waals surface area contributed by atoms with Crippen molar-refractivity contribution >= 4 is 17.5 Å². The molecule has 140 valence electrons. The van der Waals surface area contributed by atoms with Crippen molar-refractivity contribution in [2.75, 3.05) is 38.0 Å². The molecule has 3 rings (SSSR count). The molecule has 2 aliphatic heterocycles. The van der Waals surface area contributed by atoms with Crippen LogP contribution in [0.15, 0.2) is 36.4 Å². The smallest absolute Gasteiger partial charge is 0.253 e. The molecule has 0 saturated carbocycles. The molecule has 26 heavy (non-hydrogen) atoms. The molecule has 0 bridgehead atoms. The standard InChI is InChI=1S/C20H26FN3O2/c21-17-5-3-11-23(15-17)12-4-6-19(25)22-18-9-7-16(8-10-18)20(26)24-13-1-2-14-24/h4,6-10,17H,1-3,5,11-15H2,(H,22,25)/b6-4+/t17-/m1/s1. The fourth-order valence-corrected chi connectivity index (χ4v) is 3.46. The van der Waals surface area contributed by atoms with Crippen molar-refractivity contribution in [3.05, 3.63) is 42.0 Å². The van der Waals surface area contributed by atoms with E-state index in [2.05, 4.69) is 5.32 Å². The summed E-state index contributed by atoms with van der Waals surface area (Å²) in [5.41, 5.74) is 1.30. The maximum Gasteiger partial charge on any atom is 0.253 e. The summed E-state index contributed by atoms with van der Waals surface area (Å²) in [6.45, 7) is 3.54. The van der Waals surface area contributed by atoms with Crippen molar-refractivity contribution in [3.63, 3.8) is 0 Å². The average Bonchev–Trinajstić information content (AvgIpc) is 3.16.